The summed E-state index contributed by atoms with van der Waals surface area (Å²) in [5.41, 5.74) is 4.76. The Kier molecular flexibility index (Phi) is 4.50. The number of carboxylic acids is 1. The maximum absolute atomic E-state index is 10.9. The molecule has 0 saturated heterocycles. The van der Waals surface area contributed by atoms with Crippen molar-refractivity contribution in [3.63, 3.8) is 0 Å². The van der Waals surface area contributed by atoms with E-state index in [1.54, 1.807) is 6.92 Å². The Morgan fingerprint density at radius 3 is 2.31 bits per heavy atom. The molecule has 74 valence electrons. The molecule has 0 fully saturated rings. The van der Waals surface area contributed by atoms with Crippen LogP contribution in [0.3, 0.4) is 0 Å². The van der Waals surface area contributed by atoms with Crippen molar-refractivity contribution >= 4 is 17.8 Å². The summed E-state index contributed by atoms with van der Waals surface area (Å²) in [7, 11) is 0. The Bertz CT molecular complexity index is 225. The van der Waals surface area contributed by atoms with Gasteiger partial charge < -0.3 is 15.6 Å². The van der Waals surface area contributed by atoms with Crippen molar-refractivity contribution < 1.29 is 24.2 Å². The molecule has 0 aliphatic carbocycles. The number of amides is 1. The van der Waals surface area contributed by atoms with Crippen LogP contribution in [-0.2, 0) is 19.1 Å². The zero-order valence-corrected chi connectivity index (χ0v) is 7.15. The van der Waals surface area contributed by atoms with E-state index in [9.17, 15) is 14.4 Å². The van der Waals surface area contributed by atoms with Crippen LogP contribution in [0.15, 0.2) is 0 Å². The van der Waals surface area contributed by atoms with Gasteiger partial charge >= 0.3 is 11.9 Å². The van der Waals surface area contributed by atoms with Gasteiger partial charge in [-0.05, 0) is 6.92 Å². The van der Waals surface area contributed by atoms with Crippen LogP contribution in [0.2, 0.25) is 0 Å². The molecule has 0 aromatic rings. The second-order valence-electron chi connectivity index (χ2n) is 2.31. The molecule has 1 amide bonds. The molecule has 0 spiro atoms. The molecule has 0 heterocycles. The van der Waals surface area contributed by atoms with Crippen LogP contribution in [0.5, 0.6) is 0 Å². The van der Waals surface area contributed by atoms with Crippen LogP contribution in [0, 0.1) is 5.92 Å². The minimum atomic E-state index is -1.49. The van der Waals surface area contributed by atoms with Crippen molar-refractivity contribution in [2.45, 2.75) is 13.3 Å². The fourth-order valence-corrected chi connectivity index (χ4v) is 0.715. The van der Waals surface area contributed by atoms with Gasteiger partial charge in [0.15, 0.2) is 5.92 Å². The van der Waals surface area contributed by atoms with Gasteiger partial charge in [-0.2, -0.15) is 0 Å². The number of nitrogens with two attached hydrogens (primary N) is 1. The minimum absolute atomic E-state index is 0.0708. The highest BCUT2D eigenvalue weighted by atomic mass is 16.5. The molecule has 0 rings (SSSR count). The molecule has 0 bridgehead atoms. The third-order valence-electron chi connectivity index (χ3n) is 1.27. The number of rotatable bonds is 5. The van der Waals surface area contributed by atoms with Crippen molar-refractivity contribution in [3.05, 3.63) is 0 Å². The first-order valence-electron chi connectivity index (χ1n) is 3.66. The van der Waals surface area contributed by atoms with Crippen LogP contribution in [0.1, 0.15) is 13.3 Å². The largest absolute Gasteiger partial charge is 0.481 e. The second kappa shape index (κ2) is 5.13. The van der Waals surface area contributed by atoms with Crippen LogP contribution in [0.25, 0.3) is 0 Å². The lowest BCUT2D eigenvalue weighted by molar-refractivity contribution is -0.159. The Hall–Kier alpha value is -1.59. The van der Waals surface area contributed by atoms with E-state index >= 15 is 0 Å². The number of hydrogen-bond donors (Lipinski definition) is 2. The standard InChI is InChI=1S/C7H11NO5/c1-2-13-7(12)4(6(10)11)3-5(8)9/h4H,2-3H2,1H3,(H2,8,9)(H,10,11). The number of carbonyl (C=O) groups excluding carboxylic acids is 2. The van der Waals surface area contributed by atoms with Crippen LogP contribution in [0.4, 0.5) is 0 Å². The summed E-state index contributed by atoms with van der Waals surface area (Å²) in [4.78, 5) is 31.7. The smallest absolute Gasteiger partial charge is 0.320 e. The first-order chi connectivity index (χ1) is 5.99. The lowest BCUT2D eigenvalue weighted by Gasteiger charge is -2.08. The lowest BCUT2D eigenvalue weighted by atomic mass is 10.1. The van der Waals surface area contributed by atoms with Gasteiger partial charge in [0.05, 0.1) is 13.0 Å². The van der Waals surface area contributed by atoms with Gasteiger partial charge in [0.2, 0.25) is 5.91 Å². The van der Waals surface area contributed by atoms with Crippen LogP contribution < -0.4 is 5.73 Å². The molecular weight excluding hydrogens is 178 g/mol. The summed E-state index contributed by atoms with van der Waals surface area (Å²) in [6.07, 6.45) is -0.534. The van der Waals surface area contributed by atoms with Crippen molar-refractivity contribution in [2.75, 3.05) is 6.61 Å². The quantitative estimate of drug-likeness (QED) is 0.431. The van der Waals surface area contributed by atoms with E-state index in [4.69, 9.17) is 10.8 Å². The molecular formula is C7H11NO5. The second-order valence-corrected chi connectivity index (χ2v) is 2.31. The van der Waals surface area contributed by atoms with E-state index < -0.39 is 30.2 Å². The van der Waals surface area contributed by atoms with E-state index in [1.807, 2.05) is 0 Å². The van der Waals surface area contributed by atoms with Crippen molar-refractivity contribution in [3.8, 4) is 0 Å². The number of aliphatic carboxylic acids is 1. The maximum Gasteiger partial charge on any atom is 0.320 e. The maximum atomic E-state index is 10.9. The van der Waals surface area contributed by atoms with Gasteiger partial charge in [-0.15, -0.1) is 0 Å². The fraction of sp³-hybridized carbons (Fsp3) is 0.571. The van der Waals surface area contributed by atoms with Crippen LogP contribution >= 0.6 is 0 Å². The van der Waals surface area contributed by atoms with Gasteiger partial charge in [-0.3, -0.25) is 14.4 Å². The highest BCUT2D eigenvalue weighted by Gasteiger charge is 2.29. The molecule has 0 radical (unpaired) electrons. The number of carboxylic acid groups (broad SMARTS) is 1. The molecule has 3 N–H and O–H groups in total. The van der Waals surface area contributed by atoms with Gasteiger partial charge in [-0.1, -0.05) is 0 Å². The third-order valence-corrected chi connectivity index (χ3v) is 1.27. The number of primary amides is 1. The van der Waals surface area contributed by atoms with Crippen molar-refractivity contribution in [1.29, 1.82) is 0 Å². The summed E-state index contributed by atoms with van der Waals surface area (Å²) in [6, 6.07) is 0. The number of carbonyl (C=O) groups is 3. The zero-order valence-electron chi connectivity index (χ0n) is 7.15. The predicted octanol–water partition coefficient (Wildman–Crippen LogP) is -0.874. The molecule has 6 heteroatoms. The molecule has 0 saturated carbocycles. The van der Waals surface area contributed by atoms with Gasteiger partial charge in [-0.25, -0.2) is 0 Å². The average Bonchev–Trinajstić information content (AvgIpc) is 1.99. The molecule has 1 atom stereocenters. The summed E-state index contributed by atoms with van der Waals surface area (Å²) >= 11 is 0. The summed E-state index contributed by atoms with van der Waals surface area (Å²) in [6.45, 7) is 1.61. The Labute approximate surface area is 74.7 Å². The van der Waals surface area contributed by atoms with Gasteiger partial charge in [0.25, 0.3) is 0 Å². The minimum Gasteiger partial charge on any atom is -0.481 e. The highest BCUT2D eigenvalue weighted by molar-refractivity contribution is 5.97. The average molecular weight is 189 g/mol. The summed E-state index contributed by atoms with van der Waals surface area (Å²) < 4.78 is 4.44. The van der Waals surface area contributed by atoms with Crippen molar-refractivity contribution in [1.82, 2.24) is 0 Å². The molecule has 0 aromatic heterocycles. The number of ether oxygens (including phenoxy) is 1. The number of esters is 1. The van der Waals surface area contributed by atoms with E-state index in [-0.39, 0.29) is 6.61 Å². The van der Waals surface area contributed by atoms with E-state index in [0.29, 0.717) is 0 Å². The molecule has 1 unspecified atom stereocenters. The first-order valence-corrected chi connectivity index (χ1v) is 3.66. The predicted molar refractivity (Wildman–Crippen MR) is 41.6 cm³/mol. The molecule has 0 aliphatic heterocycles. The Morgan fingerprint density at radius 2 is 2.00 bits per heavy atom. The van der Waals surface area contributed by atoms with E-state index in [1.165, 1.54) is 0 Å². The highest BCUT2D eigenvalue weighted by Crippen LogP contribution is 2.05. The normalized spacial score (nSPS) is 11.8. The topological polar surface area (TPSA) is 107 Å². The van der Waals surface area contributed by atoms with E-state index in [0.717, 1.165) is 0 Å². The summed E-state index contributed by atoms with van der Waals surface area (Å²) in [5, 5.41) is 8.51. The molecule has 0 aliphatic rings. The lowest BCUT2D eigenvalue weighted by Crippen LogP contribution is -2.30. The summed E-state index contributed by atoms with van der Waals surface area (Å²) in [5.74, 6) is -4.68. The zero-order chi connectivity index (χ0) is 10.4. The number of hydrogen-bond acceptors (Lipinski definition) is 4. The van der Waals surface area contributed by atoms with E-state index in [2.05, 4.69) is 4.74 Å². The third kappa shape index (κ3) is 4.09. The SMILES string of the molecule is CCOC(=O)C(CC(N)=O)C(=O)O. The fourth-order valence-electron chi connectivity index (χ4n) is 0.715. The van der Waals surface area contributed by atoms with Gasteiger partial charge in [0, 0.05) is 0 Å². The Balaban J connectivity index is 4.32. The molecule has 13 heavy (non-hydrogen) atoms. The van der Waals surface area contributed by atoms with Crippen molar-refractivity contribution in [2.24, 2.45) is 11.7 Å². The molecule has 0 aromatic carbocycles. The van der Waals surface area contributed by atoms with Crippen LogP contribution in [-0.4, -0.2) is 29.6 Å². The Morgan fingerprint density at radius 1 is 1.46 bits per heavy atom. The van der Waals surface area contributed by atoms with Gasteiger partial charge in [0.1, 0.15) is 0 Å². The first kappa shape index (κ1) is 11.4. The molecule has 6 nitrogen and oxygen atoms in total. The monoisotopic (exact) mass is 189 g/mol.